The lowest BCUT2D eigenvalue weighted by Gasteiger charge is -2.19. The van der Waals surface area contributed by atoms with Crippen LogP contribution in [0, 0.1) is 18.6 Å². The lowest BCUT2D eigenvalue weighted by molar-refractivity contribution is 0.465. The van der Waals surface area contributed by atoms with E-state index in [-0.39, 0.29) is 22.5 Å². The molecule has 0 spiro atoms. The summed E-state index contributed by atoms with van der Waals surface area (Å²) in [7, 11) is 0. The van der Waals surface area contributed by atoms with Crippen molar-refractivity contribution < 1.29 is 13.9 Å². The molecule has 106 valence electrons. The Balaban J connectivity index is 2.32. The number of halogens is 3. The van der Waals surface area contributed by atoms with Crippen LogP contribution in [-0.4, -0.2) is 5.11 Å². The topological polar surface area (TPSA) is 32.3 Å². The number of hydrogen-bond acceptors (Lipinski definition) is 2. The van der Waals surface area contributed by atoms with Gasteiger partial charge in [0.1, 0.15) is 11.6 Å². The molecular weight excluding hydrogens is 284 g/mol. The van der Waals surface area contributed by atoms with Crippen molar-refractivity contribution in [3.63, 3.8) is 0 Å². The second-order valence-corrected chi connectivity index (χ2v) is 5.08. The van der Waals surface area contributed by atoms with Crippen LogP contribution in [0.1, 0.15) is 24.1 Å². The highest BCUT2D eigenvalue weighted by molar-refractivity contribution is 6.33. The zero-order valence-electron chi connectivity index (χ0n) is 11.0. The maximum absolute atomic E-state index is 13.7. The highest BCUT2D eigenvalue weighted by Gasteiger charge is 2.15. The number of phenolic OH excluding ortho intramolecular Hbond substituents is 1. The average molecular weight is 298 g/mol. The van der Waals surface area contributed by atoms with Gasteiger partial charge in [0, 0.05) is 11.6 Å². The van der Waals surface area contributed by atoms with Crippen LogP contribution >= 0.6 is 11.6 Å². The van der Waals surface area contributed by atoms with Gasteiger partial charge in [-0.2, -0.15) is 0 Å². The maximum atomic E-state index is 13.7. The molecule has 0 heterocycles. The van der Waals surface area contributed by atoms with Crippen molar-refractivity contribution in [2.24, 2.45) is 0 Å². The van der Waals surface area contributed by atoms with Gasteiger partial charge >= 0.3 is 0 Å². The number of rotatable bonds is 3. The van der Waals surface area contributed by atoms with E-state index in [1.165, 1.54) is 0 Å². The molecule has 0 bridgehead atoms. The second kappa shape index (κ2) is 5.67. The van der Waals surface area contributed by atoms with Crippen molar-refractivity contribution in [3.8, 4) is 5.75 Å². The van der Waals surface area contributed by atoms with Gasteiger partial charge in [-0.05, 0) is 26.0 Å². The molecule has 2 rings (SSSR count). The van der Waals surface area contributed by atoms with E-state index in [0.717, 1.165) is 17.7 Å². The van der Waals surface area contributed by atoms with Crippen molar-refractivity contribution >= 4 is 17.3 Å². The Labute approximate surface area is 121 Å². The van der Waals surface area contributed by atoms with Crippen LogP contribution in [0.2, 0.25) is 5.02 Å². The molecule has 0 amide bonds. The Bertz CT molecular complexity index is 623. The monoisotopic (exact) mass is 297 g/mol. The lowest BCUT2D eigenvalue weighted by Crippen LogP contribution is -2.09. The smallest absolute Gasteiger partial charge is 0.150 e. The second-order valence-electron chi connectivity index (χ2n) is 4.67. The Kier molecular flexibility index (Phi) is 4.14. The highest BCUT2D eigenvalue weighted by atomic mass is 35.5. The van der Waals surface area contributed by atoms with Gasteiger partial charge in [-0.25, -0.2) is 8.78 Å². The Morgan fingerprint density at radius 3 is 2.55 bits per heavy atom. The van der Waals surface area contributed by atoms with Crippen LogP contribution < -0.4 is 5.32 Å². The van der Waals surface area contributed by atoms with Gasteiger partial charge in [-0.15, -0.1) is 0 Å². The summed E-state index contributed by atoms with van der Waals surface area (Å²) in [6.45, 7) is 3.65. The molecule has 2 N–H and O–H groups in total. The third-order valence-corrected chi connectivity index (χ3v) is 3.32. The molecule has 0 aliphatic heterocycles. The Hall–Kier alpha value is -1.81. The molecular formula is C15H14ClF2NO. The van der Waals surface area contributed by atoms with Crippen LogP contribution in [-0.2, 0) is 0 Å². The van der Waals surface area contributed by atoms with Crippen LogP contribution in [0.15, 0.2) is 30.3 Å². The molecule has 1 unspecified atom stereocenters. The summed E-state index contributed by atoms with van der Waals surface area (Å²) in [5.41, 5.74) is 1.60. The highest BCUT2D eigenvalue weighted by Crippen LogP contribution is 2.32. The zero-order chi connectivity index (χ0) is 14.9. The summed E-state index contributed by atoms with van der Waals surface area (Å²) in [4.78, 5) is 0. The van der Waals surface area contributed by atoms with E-state index in [4.69, 9.17) is 11.6 Å². The van der Waals surface area contributed by atoms with Gasteiger partial charge in [-0.1, -0.05) is 29.3 Å². The Morgan fingerprint density at radius 2 is 1.90 bits per heavy atom. The fourth-order valence-electron chi connectivity index (χ4n) is 2.00. The molecule has 2 nitrogen and oxygen atoms in total. The molecule has 2 aromatic rings. The minimum absolute atomic E-state index is 0.0153. The third kappa shape index (κ3) is 3.02. The number of aromatic hydroxyl groups is 1. The summed E-state index contributed by atoms with van der Waals surface area (Å²) >= 11 is 5.83. The van der Waals surface area contributed by atoms with E-state index >= 15 is 0 Å². The Morgan fingerprint density at radius 1 is 1.20 bits per heavy atom. The molecule has 0 aliphatic rings. The first kappa shape index (κ1) is 14.6. The molecule has 0 fully saturated rings. The van der Waals surface area contributed by atoms with E-state index in [1.54, 1.807) is 25.1 Å². The minimum Gasteiger partial charge on any atom is -0.508 e. The van der Waals surface area contributed by atoms with Crippen molar-refractivity contribution in [2.45, 2.75) is 19.9 Å². The summed E-state index contributed by atoms with van der Waals surface area (Å²) in [6.07, 6.45) is 0. The lowest BCUT2D eigenvalue weighted by atomic mass is 10.0. The molecule has 0 aliphatic carbocycles. The zero-order valence-corrected chi connectivity index (χ0v) is 11.8. The quantitative estimate of drug-likeness (QED) is 0.852. The van der Waals surface area contributed by atoms with Crippen LogP contribution in [0.4, 0.5) is 14.5 Å². The first-order chi connectivity index (χ1) is 9.38. The van der Waals surface area contributed by atoms with Crippen molar-refractivity contribution in [1.82, 2.24) is 0 Å². The molecule has 1 atom stereocenters. The number of nitrogens with one attached hydrogen (secondary N) is 1. The van der Waals surface area contributed by atoms with Crippen molar-refractivity contribution in [1.29, 1.82) is 0 Å². The van der Waals surface area contributed by atoms with Crippen LogP contribution in [0.3, 0.4) is 0 Å². The largest absolute Gasteiger partial charge is 0.508 e. The fourth-order valence-corrected chi connectivity index (χ4v) is 2.24. The van der Waals surface area contributed by atoms with Gasteiger partial charge in [0.2, 0.25) is 0 Å². The first-order valence-corrected chi connectivity index (χ1v) is 6.47. The van der Waals surface area contributed by atoms with E-state index in [2.05, 4.69) is 5.32 Å². The number of aryl methyl sites for hydroxylation is 1. The number of anilines is 1. The van der Waals surface area contributed by atoms with Gasteiger partial charge in [0.15, 0.2) is 5.82 Å². The molecule has 0 aromatic heterocycles. The molecule has 5 heteroatoms. The number of hydrogen-bond donors (Lipinski definition) is 2. The third-order valence-electron chi connectivity index (χ3n) is 3.02. The normalized spacial score (nSPS) is 12.2. The van der Waals surface area contributed by atoms with Gasteiger partial charge < -0.3 is 10.4 Å². The summed E-state index contributed by atoms with van der Waals surface area (Å²) < 4.78 is 26.7. The average Bonchev–Trinajstić information content (AvgIpc) is 2.36. The predicted octanol–water partition coefficient (Wildman–Crippen LogP) is 4.81. The minimum atomic E-state index is -0.769. The van der Waals surface area contributed by atoms with Crippen LogP contribution in [0.5, 0.6) is 5.75 Å². The van der Waals surface area contributed by atoms with Crippen LogP contribution in [0.25, 0.3) is 0 Å². The standard InChI is InChI=1S/C15H14ClF2NO/c1-8-3-4-14(20)11(5-8)9(2)19-15-12(16)6-10(17)7-13(15)18/h3-7,9,19-20H,1-2H3. The number of phenols is 1. The van der Waals surface area contributed by atoms with E-state index in [9.17, 15) is 13.9 Å². The molecule has 0 saturated carbocycles. The van der Waals surface area contributed by atoms with Gasteiger partial charge in [0.25, 0.3) is 0 Å². The molecule has 20 heavy (non-hydrogen) atoms. The SMILES string of the molecule is Cc1ccc(O)c(C(C)Nc2c(F)cc(F)cc2Cl)c1. The van der Waals surface area contributed by atoms with Gasteiger partial charge in [-0.3, -0.25) is 0 Å². The fraction of sp³-hybridized carbons (Fsp3) is 0.200. The predicted molar refractivity (Wildman–Crippen MR) is 76.2 cm³/mol. The van der Waals surface area contributed by atoms with E-state index in [1.807, 2.05) is 6.92 Å². The molecule has 0 saturated heterocycles. The van der Waals surface area contributed by atoms with E-state index in [0.29, 0.717) is 5.56 Å². The van der Waals surface area contributed by atoms with E-state index < -0.39 is 11.6 Å². The first-order valence-electron chi connectivity index (χ1n) is 6.09. The molecule has 2 aromatic carbocycles. The number of benzene rings is 2. The molecule has 0 radical (unpaired) electrons. The maximum Gasteiger partial charge on any atom is 0.150 e. The van der Waals surface area contributed by atoms with Gasteiger partial charge in [0.05, 0.1) is 16.8 Å². The summed E-state index contributed by atoms with van der Waals surface area (Å²) in [5, 5.41) is 12.7. The summed E-state index contributed by atoms with van der Waals surface area (Å²) in [6, 6.07) is 6.56. The summed E-state index contributed by atoms with van der Waals surface area (Å²) in [5.74, 6) is -1.40. The van der Waals surface area contributed by atoms with Crippen molar-refractivity contribution in [3.05, 3.63) is 58.1 Å². The van der Waals surface area contributed by atoms with Crippen molar-refractivity contribution in [2.75, 3.05) is 5.32 Å².